The van der Waals surface area contributed by atoms with Crippen LogP contribution in [0.4, 0.5) is 17.6 Å². The molecule has 0 fully saturated rings. The Kier molecular flexibility index (Phi) is 4.78. The lowest BCUT2D eigenvalue weighted by Gasteiger charge is -2.10. The normalized spacial score (nSPS) is 10.6. The Morgan fingerprint density at radius 3 is 2.30 bits per heavy atom. The largest absolute Gasteiger partial charge is 0.360 e. The van der Waals surface area contributed by atoms with Crippen molar-refractivity contribution in [1.29, 1.82) is 0 Å². The van der Waals surface area contributed by atoms with Crippen LogP contribution in [0.15, 0.2) is 77.3 Å². The van der Waals surface area contributed by atoms with Gasteiger partial charge in [-0.2, -0.15) is 4.98 Å². The van der Waals surface area contributed by atoms with Crippen LogP contribution in [0.3, 0.4) is 0 Å². The number of anilines is 3. The fraction of sp³-hybridized carbons (Fsp3) is 0.0952. The first-order valence-corrected chi connectivity index (χ1v) is 8.69. The molecule has 0 unspecified atom stereocenters. The van der Waals surface area contributed by atoms with Gasteiger partial charge in [-0.3, -0.25) is 0 Å². The maximum absolute atomic E-state index is 5.12. The van der Waals surface area contributed by atoms with E-state index in [4.69, 9.17) is 4.52 Å². The van der Waals surface area contributed by atoms with Crippen LogP contribution in [-0.2, 0) is 6.54 Å². The zero-order valence-electron chi connectivity index (χ0n) is 14.9. The van der Waals surface area contributed by atoms with Gasteiger partial charge in [-0.1, -0.05) is 65.8 Å². The predicted octanol–water partition coefficient (Wildman–Crippen LogP) is 4.80. The summed E-state index contributed by atoms with van der Waals surface area (Å²) in [5.41, 5.74) is 3.00. The maximum atomic E-state index is 5.12. The molecule has 0 amide bonds. The van der Waals surface area contributed by atoms with Crippen molar-refractivity contribution in [2.24, 2.45) is 0 Å². The molecule has 2 N–H and O–H groups in total. The molecule has 6 heteroatoms. The van der Waals surface area contributed by atoms with Crippen LogP contribution in [0.1, 0.15) is 11.3 Å². The van der Waals surface area contributed by atoms with Gasteiger partial charge in [0.2, 0.25) is 5.95 Å². The van der Waals surface area contributed by atoms with Crippen LogP contribution in [0.5, 0.6) is 0 Å². The Hall–Kier alpha value is -3.67. The van der Waals surface area contributed by atoms with E-state index in [1.54, 1.807) is 0 Å². The highest BCUT2D eigenvalue weighted by Gasteiger charge is 2.09. The van der Waals surface area contributed by atoms with Crippen molar-refractivity contribution in [3.8, 4) is 11.3 Å². The Morgan fingerprint density at radius 1 is 0.852 bits per heavy atom. The summed E-state index contributed by atoms with van der Waals surface area (Å²) in [7, 11) is 0. The quantitative estimate of drug-likeness (QED) is 0.516. The molecule has 4 aromatic rings. The molecule has 27 heavy (non-hydrogen) atoms. The van der Waals surface area contributed by atoms with Crippen LogP contribution >= 0.6 is 0 Å². The van der Waals surface area contributed by atoms with Crippen molar-refractivity contribution >= 4 is 17.6 Å². The highest BCUT2D eigenvalue weighted by atomic mass is 16.5. The number of rotatable bonds is 6. The average Bonchev–Trinajstić information content (AvgIpc) is 3.12. The molecule has 0 aliphatic carbocycles. The summed E-state index contributed by atoms with van der Waals surface area (Å²) in [6.45, 7) is 2.49. The summed E-state index contributed by atoms with van der Waals surface area (Å²) in [6.07, 6.45) is 0. The van der Waals surface area contributed by atoms with Gasteiger partial charge in [-0.15, -0.1) is 0 Å². The molecule has 0 spiro atoms. The second-order valence-electron chi connectivity index (χ2n) is 6.12. The predicted molar refractivity (Wildman–Crippen MR) is 106 cm³/mol. The van der Waals surface area contributed by atoms with Gasteiger partial charge in [0.25, 0.3) is 0 Å². The summed E-state index contributed by atoms with van der Waals surface area (Å²) in [5.74, 6) is 2.53. The summed E-state index contributed by atoms with van der Waals surface area (Å²) in [6, 6.07) is 23.9. The van der Waals surface area contributed by atoms with Crippen LogP contribution in [0.25, 0.3) is 11.3 Å². The molecule has 0 aliphatic rings. The number of hydrogen-bond donors (Lipinski definition) is 2. The summed E-state index contributed by atoms with van der Waals surface area (Å²) in [5, 5.41) is 10.4. The standard InChI is InChI=1S/C21H19N5O/c1-15-12-20(26-27-15)24-19-13-18(17-10-6-3-7-11-17)23-21(25-19)22-14-16-8-4-2-5-9-16/h2-13H,14H2,1H3,(H2,22,23,24,25,26). The summed E-state index contributed by atoms with van der Waals surface area (Å²) < 4.78 is 5.12. The van der Waals surface area contributed by atoms with Gasteiger partial charge in [0.05, 0.1) is 5.69 Å². The van der Waals surface area contributed by atoms with E-state index in [1.165, 1.54) is 0 Å². The van der Waals surface area contributed by atoms with E-state index in [2.05, 4.69) is 37.9 Å². The van der Waals surface area contributed by atoms with E-state index < -0.39 is 0 Å². The Labute approximate surface area is 157 Å². The molecular formula is C21H19N5O. The van der Waals surface area contributed by atoms with E-state index in [0.29, 0.717) is 24.1 Å². The lowest BCUT2D eigenvalue weighted by atomic mass is 10.1. The molecule has 0 saturated heterocycles. The third-order valence-electron chi connectivity index (χ3n) is 3.97. The SMILES string of the molecule is Cc1cc(Nc2cc(-c3ccccc3)nc(NCc3ccccc3)n2)no1. The zero-order valence-corrected chi connectivity index (χ0v) is 14.9. The van der Waals surface area contributed by atoms with Gasteiger partial charge < -0.3 is 15.2 Å². The molecule has 4 rings (SSSR count). The number of aryl methyl sites for hydroxylation is 1. The molecule has 0 aliphatic heterocycles. The molecule has 0 radical (unpaired) electrons. The smallest absolute Gasteiger partial charge is 0.225 e. The van der Waals surface area contributed by atoms with Crippen molar-refractivity contribution in [2.45, 2.75) is 13.5 Å². The molecule has 134 valence electrons. The summed E-state index contributed by atoms with van der Waals surface area (Å²) >= 11 is 0. The van der Waals surface area contributed by atoms with E-state index in [1.807, 2.05) is 67.6 Å². The van der Waals surface area contributed by atoms with Crippen molar-refractivity contribution < 1.29 is 4.52 Å². The van der Waals surface area contributed by atoms with Crippen LogP contribution in [0, 0.1) is 6.92 Å². The zero-order chi connectivity index (χ0) is 18.5. The highest BCUT2D eigenvalue weighted by Crippen LogP contribution is 2.23. The third kappa shape index (κ3) is 4.30. The molecule has 0 saturated carbocycles. The van der Waals surface area contributed by atoms with E-state index in [-0.39, 0.29) is 0 Å². The lowest BCUT2D eigenvalue weighted by molar-refractivity contribution is 0.400. The first-order chi connectivity index (χ1) is 13.3. The Balaban J connectivity index is 1.63. The first-order valence-electron chi connectivity index (χ1n) is 8.69. The fourth-order valence-corrected chi connectivity index (χ4v) is 2.68. The minimum absolute atomic E-state index is 0.544. The maximum Gasteiger partial charge on any atom is 0.225 e. The number of benzene rings is 2. The monoisotopic (exact) mass is 357 g/mol. The van der Waals surface area contributed by atoms with Gasteiger partial charge in [0.1, 0.15) is 11.6 Å². The van der Waals surface area contributed by atoms with Crippen LogP contribution in [-0.4, -0.2) is 15.1 Å². The van der Waals surface area contributed by atoms with Crippen molar-refractivity contribution in [2.75, 3.05) is 10.6 Å². The number of nitrogens with one attached hydrogen (secondary N) is 2. The molecule has 2 heterocycles. The number of hydrogen-bond acceptors (Lipinski definition) is 6. The molecule has 6 nitrogen and oxygen atoms in total. The summed E-state index contributed by atoms with van der Waals surface area (Å²) in [4.78, 5) is 9.22. The average molecular weight is 357 g/mol. The third-order valence-corrected chi connectivity index (χ3v) is 3.97. The van der Waals surface area contributed by atoms with E-state index in [0.717, 1.165) is 22.6 Å². The fourth-order valence-electron chi connectivity index (χ4n) is 2.68. The number of aromatic nitrogens is 3. The molecule has 2 aromatic heterocycles. The van der Waals surface area contributed by atoms with Crippen molar-refractivity contribution in [3.05, 3.63) is 84.1 Å². The lowest BCUT2D eigenvalue weighted by Crippen LogP contribution is -2.06. The van der Waals surface area contributed by atoms with Gasteiger partial charge in [0, 0.05) is 24.2 Å². The van der Waals surface area contributed by atoms with Gasteiger partial charge >= 0.3 is 0 Å². The number of nitrogens with zero attached hydrogens (tertiary/aromatic N) is 3. The van der Waals surface area contributed by atoms with Crippen molar-refractivity contribution in [1.82, 2.24) is 15.1 Å². The topological polar surface area (TPSA) is 75.9 Å². The molecule has 2 aromatic carbocycles. The van der Waals surface area contributed by atoms with Gasteiger partial charge in [-0.05, 0) is 12.5 Å². The second kappa shape index (κ2) is 7.70. The van der Waals surface area contributed by atoms with Gasteiger partial charge in [-0.25, -0.2) is 4.98 Å². The van der Waals surface area contributed by atoms with Gasteiger partial charge in [0.15, 0.2) is 5.82 Å². The minimum Gasteiger partial charge on any atom is -0.360 e. The first kappa shape index (κ1) is 16.8. The van der Waals surface area contributed by atoms with Crippen molar-refractivity contribution in [3.63, 3.8) is 0 Å². The van der Waals surface area contributed by atoms with E-state index >= 15 is 0 Å². The Bertz CT molecular complexity index is 1020. The second-order valence-corrected chi connectivity index (χ2v) is 6.12. The molecular weight excluding hydrogens is 338 g/mol. The minimum atomic E-state index is 0.544. The molecule has 0 bridgehead atoms. The van der Waals surface area contributed by atoms with E-state index in [9.17, 15) is 0 Å². The van der Waals surface area contributed by atoms with Crippen LogP contribution < -0.4 is 10.6 Å². The molecule has 0 atom stereocenters. The van der Waals surface area contributed by atoms with Crippen LogP contribution in [0.2, 0.25) is 0 Å². The highest BCUT2D eigenvalue weighted by molar-refractivity contribution is 5.66. The Morgan fingerprint density at radius 2 is 1.59 bits per heavy atom.